The molecule has 1 aromatic rings. The van der Waals surface area contributed by atoms with Crippen LogP contribution in [-0.4, -0.2) is 35.6 Å². The third-order valence-electron chi connectivity index (χ3n) is 4.21. The number of nitriles is 1. The lowest BCUT2D eigenvalue weighted by Crippen LogP contribution is -2.39. The molecule has 0 bridgehead atoms. The third-order valence-corrected chi connectivity index (χ3v) is 4.21. The Morgan fingerprint density at radius 3 is 2.62 bits per heavy atom. The molecule has 5 heteroatoms. The number of aliphatic hydroxyl groups is 1. The van der Waals surface area contributed by atoms with Gasteiger partial charge < -0.3 is 10.8 Å². The predicted octanol–water partition coefficient (Wildman–Crippen LogP) is 1.18. The van der Waals surface area contributed by atoms with E-state index in [0.717, 1.165) is 24.8 Å². The fourth-order valence-corrected chi connectivity index (χ4v) is 3.08. The molecule has 112 valence electrons. The van der Waals surface area contributed by atoms with Crippen LogP contribution in [0.2, 0.25) is 0 Å². The Bertz CT molecular complexity index is 535. The third kappa shape index (κ3) is 3.60. The van der Waals surface area contributed by atoms with Crippen molar-refractivity contribution in [3.05, 3.63) is 35.4 Å². The Labute approximate surface area is 125 Å². The second-order valence-electron chi connectivity index (χ2n) is 5.74. The Morgan fingerprint density at radius 1 is 1.48 bits per heavy atom. The minimum absolute atomic E-state index is 0.190. The van der Waals surface area contributed by atoms with Crippen LogP contribution in [0.15, 0.2) is 24.3 Å². The molecule has 1 aliphatic rings. The Morgan fingerprint density at radius 2 is 2.14 bits per heavy atom. The largest absolute Gasteiger partial charge is 0.393 e. The normalized spacial score (nSPS) is 23.0. The maximum Gasteiger partial charge on any atom is 0.239 e. The van der Waals surface area contributed by atoms with Gasteiger partial charge in [-0.1, -0.05) is 18.6 Å². The highest BCUT2D eigenvalue weighted by Gasteiger charge is 2.30. The van der Waals surface area contributed by atoms with Gasteiger partial charge in [-0.3, -0.25) is 9.69 Å². The lowest BCUT2D eigenvalue weighted by molar-refractivity contribution is -0.123. The molecule has 0 aromatic heterocycles. The van der Waals surface area contributed by atoms with Crippen molar-refractivity contribution in [2.75, 3.05) is 13.6 Å². The van der Waals surface area contributed by atoms with E-state index >= 15 is 0 Å². The minimum atomic E-state index is -0.537. The first kappa shape index (κ1) is 15.5. The van der Waals surface area contributed by atoms with Gasteiger partial charge in [0, 0.05) is 6.54 Å². The fraction of sp³-hybridized carbons (Fsp3) is 0.500. The van der Waals surface area contributed by atoms with E-state index in [1.807, 2.05) is 11.9 Å². The topological polar surface area (TPSA) is 90.3 Å². The van der Waals surface area contributed by atoms with Crippen LogP contribution >= 0.6 is 0 Å². The van der Waals surface area contributed by atoms with Crippen LogP contribution in [0.4, 0.5) is 0 Å². The number of likely N-dealkylation sites (N-methyl/N-ethyl adjacent to an activating group) is 1. The summed E-state index contributed by atoms with van der Waals surface area (Å²) in [4.78, 5) is 13.7. The van der Waals surface area contributed by atoms with Crippen LogP contribution in [0.1, 0.15) is 36.4 Å². The molecule has 21 heavy (non-hydrogen) atoms. The number of amides is 1. The van der Waals surface area contributed by atoms with E-state index in [0.29, 0.717) is 12.1 Å². The molecular formula is C16H21N3O2. The molecule has 0 spiro atoms. The first-order valence-electron chi connectivity index (χ1n) is 7.20. The van der Waals surface area contributed by atoms with Crippen LogP contribution in [0.3, 0.4) is 0 Å². The van der Waals surface area contributed by atoms with Crippen molar-refractivity contribution in [3.63, 3.8) is 0 Å². The molecule has 3 atom stereocenters. The van der Waals surface area contributed by atoms with Gasteiger partial charge in [0.1, 0.15) is 6.04 Å². The molecular weight excluding hydrogens is 266 g/mol. The summed E-state index contributed by atoms with van der Waals surface area (Å²) in [6.45, 7) is 0.634. The lowest BCUT2D eigenvalue weighted by Gasteiger charge is -2.29. The highest BCUT2D eigenvalue weighted by Crippen LogP contribution is 2.29. The Hall–Kier alpha value is -1.90. The number of hydrogen-bond donors (Lipinski definition) is 2. The molecule has 0 saturated heterocycles. The number of nitrogens with two attached hydrogens (primary N) is 1. The van der Waals surface area contributed by atoms with E-state index in [-0.39, 0.29) is 12.0 Å². The number of carbonyl (C=O) groups excluding carboxylic acids is 1. The van der Waals surface area contributed by atoms with Gasteiger partial charge in [0.2, 0.25) is 5.91 Å². The van der Waals surface area contributed by atoms with Crippen molar-refractivity contribution in [2.24, 2.45) is 11.7 Å². The van der Waals surface area contributed by atoms with Crippen molar-refractivity contribution in [2.45, 2.75) is 31.4 Å². The number of rotatable bonds is 5. The fourth-order valence-electron chi connectivity index (χ4n) is 3.08. The summed E-state index contributed by atoms with van der Waals surface area (Å²) in [5.41, 5.74) is 6.87. The summed E-state index contributed by atoms with van der Waals surface area (Å²) in [5.74, 6) is -0.232. The van der Waals surface area contributed by atoms with E-state index < -0.39 is 11.9 Å². The van der Waals surface area contributed by atoms with Crippen LogP contribution in [0.5, 0.6) is 0 Å². The summed E-state index contributed by atoms with van der Waals surface area (Å²) < 4.78 is 0. The Balaban J connectivity index is 2.13. The zero-order valence-electron chi connectivity index (χ0n) is 12.2. The molecule has 3 N–H and O–H groups in total. The number of carbonyl (C=O) groups is 1. The molecule has 1 aromatic carbocycles. The zero-order valence-corrected chi connectivity index (χ0v) is 12.2. The number of benzene rings is 1. The average molecular weight is 287 g/mol. The average Bonchev–Trinajstić information content (AvgIpc) is 2.85. The summed E-state index contributed by atoms with van der Waals surface area (Å²) in [5, 5.41) is 18.7. The highest BCUT2D eigenvalue weighted by atomic mass is 16.3. The van der Waals surface area contributed by atoms with E-state index in [4.69, 9.17) is 11.0 Å². The number of primary amides is 1. The van der Waals surface area contributed by atoms with Crippen molar-refractivity contribution < 1.29 is 9.90 Å². The van der Waals surface area contributed by atoms with E-state index in [1.165, 1.54) is 0 Å². The quantitative estimate of drug-likeness (QED) is 0.850. The lowest BCUT2D eigenvalue weighted by atomic mass is 10.00. The Kier molecular flexibility index (Phi) is 4.94. The number of nitrogens with zero attached hydrogens (tertiary/aromatic N) is 2. The van der Waals surface area contributed by atoms with Gasteiger partial charge >= 0.3 is 0 Å². The van der Waals surface area contributed by atoms with E-state index in [2.05, 4.69) is 6.07 Å². The molecule has 5 nitrogen and oxygen atoms in total. The molecule has 2 rings (SSSR count). The van der Waals surface area contributed by atoms with Gasteiger partial charge in [0.25, 0.3) is 0 Å². The standard InChI is InChI=1S/C16H21N3O2/c1-19(10-13-3-2-4-14(13)20)15(16(18)21)12-7-5-11(9-17)6-8-12/h5-8,13-15,20H,2-4,10H2,1H3,(H2,18,21). The van der Waals surface area contributed by atoms with Crippen molar-refractivity contribution in [3.8, 4) is 6.07 Å². The maximum absolute atomic E-state index is 11.8. The van der Waals surface area contributed by atoms with Crippen molar-refractivity contribution in [1.82, 2.24) is 4.90 Å². The maximum atomic E-state index is 11.8. The predicted molar refractivity (Wildman–Crippen MR) is 79.1 cm³/mol. The second-order valence-corrected chi connectivity index (χ2v) is 5.74. The summed E-state index contributed by atoms with van der Waals surface area (Å²) in [6.07, 6.45) is 2.54. The number of hydrogen-bond acceptors (Lipinski definition) is 4. The minimum Gasteiger partial charge on any atom is -0.393 e. The van der Waals surface area contributed by atoms with Gasteiger partial charge in [0.05, 0.1) is 17.7 Å². The monoisotopic (exact) mass is 287 g/mol. The van der Waals surface area contributed by atoms with Gasteiger partial charge in [-0.25, -0.2) is 0 Å². The molecule has 3 unspecified atom stereocenters. The van der Waals surface area contributed by atoms with E-state index in [1.54, 1.807) is 24.3 Å². The van der Waals surface area contributed by atoms with Gasteiger partial charge in [-0.2, -0.15) is 5.26 Å². The molecule has 0 radical (unpaired) electrons. The summed E-state index contributed by atoms with van der Waals surface area (Å²) in [6, 6.07) is 8.40. The summed E-state index contributed by atoms with van der Waals surface area (Å²) >= 11 is 0. The smallest absolute Gasteiger partial charge is 0.239 e. The summed E-state index contributed by atoms with van der Waals surface area (Å²) in [7, 11) is 1.85. The van der Waals surface area contributed by atoms with Gasteiger partial charge in [0.15, 0.2) is 0 Å². The van der Waals surface area contributed by atoms with Gasteiger partial charge in [-0.05, 0) is 43.5 Å². The second kappa shape index (κ2) is 6.70. The van der Waals surface area contributed by atoms with Crippen LogP contribution < -0.4 is 5.73 Å². The van der Waals surface area contributed by atoms with Crippen molar-refractivity contribution in [1.29, 1.82) is 5.26 Å². The van der Waals surface area contributed by atoms with Crippen LogP contribution in [-0.2, 0) is 4.79 Å². The zero-order chi connectivity index (χ0) is 15.4. The molecule has 1 aliphatic carbocycles. The van der Waals surface area contributed by atoms with Crippen LogP contribution in [0.25, 0.3) is 0 Å². The highest BCUT2D eigenvalue weighted by molar-refractivity contribution is 5.81. The molecule has 0 aliphatic heterocycles. The van der Waals surface area contributed by atoms with Crippen molar-refractivity contribution >= 4 is 5.91 Å². The van der Waals surface area contributed by atoms with Crippen LogP contribution in [0, 0.1) is 17.2 Å². The SMILES string of the molecule is CN(CC1CCCC1O)C(C(N)=O)c1ccc(C#N)cc1. The molecule has 0 heterocycles. The first-order chi connectivity index (χ1) is 10.0. The molecule has 1 amide bonds. The first-order valence-corrected chi connectivity index (χ1v) is 7.20. The molecule has 1 fully saturated rings. The van der Waals surface area contributed by atoms with Gasteiger partial charge in [-0.15, -0.1) is 0 Å². The van der Waals surface area contributed by atoms with E-state index in [9.17, 15) is 9.90 Å². The molecule has 1 saturated carbocycles. The number of aliphatic hydroxyl groups excluding tert-OH is 1.